The van der Waals surface area contributed by atoms with E-state index >= 15 is 0 Å². The molecule has 28 heavy (non-hydrogen) atoms. The highest BCUT2D eigenvalue weighted by atomic mass is 16.9. The Bertz CT molecular complexity index is 641. The number of aliphatic hydroxyl groups is 1. The monoisotopic (exact) mass is 392 g/mol. The van der Waals surface area contributed by atoms with E-state index in [0.717, 1.165) is 25.2 Å². The molecule has 0 aromatic carbocycles. The molecule has 1 N–H and O–H groups in total. The van der Waals surface area contributed by atoms with Gasteiger partial charge in [-0.3, -0.25) is 0 Å². The van der Waals surface area contributed by atoms with Crippen molar-refractivity contribution in [3.05, 3.63) is 0 Å². The van der Waals surface area contributed by atoms with Crippen molar-refractivity contribution in [2.45, 2.75) is 89.1 Å². The minimum absolute atomic E-state index is 0.129. The summed E-state index contributed by atoms with van der Waals surface area (Å²) < 4.78 is 24.2. The first-order valence-electron chi connectivity index (χ1n) is 11.6. The largest absolute Gasteiger partial charge is 0.393 e. The summed E-state index contributed by atoms with van der Waals surface area (Å²) in [4.78, 5) is 0. The number of hydrogen-bond acceptors (Lipinski definition) is 5. The third-order valence-electron chi connectivity index (χ3n) is 10.5. The van der Waals surface area contributed by atoms with Crippen LogP contribution in [-0.4, -0.2) is 42.8 Å². The van der Waals surface area contributed by atoms with Crippen molar-refractivity contribution in [1.29, 1.82) is 0 Å². The van der Waals surface area contributed by atoms with Crippen LogP contribution in [0.15, 0.2) is 0 Å². The number of fused-ring (bicyclic) bond motifs is 7. The number of rotatable bonds is 0. The molecule has 4 saturated carbocycles. The summed E-state index contributed by atoms with van der Waals surface area (Å²) in [6, 6.07) is 0. The Kier molecular flexibility index (Phi) is 3.94. The van der Waals surface area contributed by atoms with Gasteiger partial charge < -0.3 is 24.1 Å². The van der Waals surface area contributed by atoms with E-state index in [2.05, 4.69) is 13.8 Å². The van der Waals surface area contributed by atoms with E-state index in [0.29, 0.717) is 29.8 Å². The molecule has 0 aromatic heterocycles. The van der Waals surface area contributed by atoms with Gasteiger partial charge in [-0.2, -0.15) is 0 Å². The molecule has 5 heteroatoms. The lowest BCUT2D eigenvalue weighted by molar-refractivity contribution is -0.262. The lowest BCUT2D eigenvalue weighted by Gasteiger charge is -2.63. The quantitative estimate of drug-likeness (QED) is 0.679. The molecule has 2 spiro atoms. The number of ether oxygens (including phenoxy) is 4. The maximum atomic E-state index is 11.6. The van der Waals surface area contributed by atoms with Crippen LogP contribution in [0.1, 0.15) is 71.6 Å². The van der Waals surface area contributed by atoms with Gasteiger partial charge in [-0.25, -0.2) is 0 Å². The Hall–Kier alpha value is -0.200. The van der Waals surface area contributed by atoms with Crippen LogP contribution in [0.2, 0.25) is 0 Å². The second-order valence-corrected chi connectivity index (χ2v) is 11.1. The van der Waals surface area contributed by atoms with Crippen LogP contribution in [0, 0.1) is 34.5 Å². The van der Waals surface area contributed by atoms with Gasteiger partial charge >= 0.3 is 0 Å². The van der Waals surface area contributed by atoms with Gasteiger partial charge in [0.1, 0.15) is 12.2 Å². The second kappa shape index (κ2) is 5.94. The summed E-state index contributed by atoms with van der Waals surface area (Å²) in [7, 11) is 0. The van der Waals surface area contributed by atoms with E-state index in [-0.39, 0.29) is 25.1 Å². The standard InChI is InChI=1S/C23H36O5/c1-20-9-4-3-5-15(20)6-7-16-17-8-10-22(21(17,2)11-18(24)19(16)20)23(28-14-26-22)12-25-13-27-23/h15-19,24H,3-14H2,1-2H3/t15?,16-,17-,18-,19+,20-,21-,22+,23?/m0/s1. The van der Waals surface area contributed by atoms with Gasteiger partial charge in [-0.05, 0) is 74.0 Å². The fourth-order valence-electron chi connectivity index (χ4n) is 9.39. The first-order valence-corrected chi connectivity index (χ1v) is 11.6. The van der Waals surface area contributed by atoms with Crippen LogP contribution in [0.25, 0.3) is 0 Å². The summed E-state index contributed by atoms with van der Waals surface area (Å²) in [5.74, 6) is 1.63. The van der Waals surface area contributed by atoms with Gasteiger partial charge in [0, 0.05) is 5.41 Å². The minimum Gasteiger partial charge on any atom is -0.393 e. The lowest BCUT2D eigenvalue weighted by atomic mass is 9.43. The van der Waals surface area contributed by atoms with Crippen LogP contribution in [0.4, 0.5) is 0 Å². The molecule has 0 aromatic rings. The van der Waals surface area contributed by atoms with E-state index in [1.807, 2.05) is 0 Å². The summed E-state index contributed by atoms with van der Waals surface area (Å²) >= 11 is 0. The van der Waals surface area contributed by atoms with E-state index in [4.69, 9.17) is 18.9 Å². The van der Waals surface area contributed by atoms with Gasteiger partial charge in [-0.15, -0.1) is 0 Å². The van der Waals surface area contributed by atoms with Crippen molar-refractivity contribution in [3.8, 4) is 0 Å². The zero-order chi connectivity index (χ0) is 19.2. The van der Waals surface area contributed by atoms with Crippen molar-refractivity contribution in [1.82, 2.24) is 0 Å². The van der Waals surface area contributed by atoms with Crippen molar-refractivity contribution in [2.75, 3.05) is 20.2 Å². The molecule has 158 valence electrons. The number of aliphatic hydroxyl groups excluding tert-OH is 1. The van der Waals surface area contributed by atoms with E-state index in [1.165, 1.54) is 38.5 Å². The number of hydrogen-bond donors (Lipinski definition) is 1. The molecule has 6 rings (SSSR count). The SMILES string of the molecule is C[C@]12CCCCC1CC[C@@H]1[C@@H]2[C@@H](O)C[C@@]2(C)[C@H]1CC[C@@]21OCOC12COCO2. The Morgan fingerprint density at radius 1 is 0.893 bits per heavy atom. The molecule has 4 aliphatic carbocycles. The van der Waals surface area contributed by atoms with Crippen LogP contribution >= 0.6 is 0 Å². The molecular weight excluding hydrogens is 356 g/mol. The second-order valence-electron chi connectivity index (χ2n) is 11.1. The molecule has 0 radical (unpaired) electrons. The molecule has 2 aliphatic heterocycles. The lowest BCUT2D eigenvalue weighted by Crippen LogP contribution is -2.66. The molecule has 6 aliphatic rings. The normalized spacial score (nSPS) is 60.8. The molecule has 5 nitrogen and oxygen atoms in total. The molecule has 2 unspecified atom stereocenters. The first-order chi connectivity index (χ1) is 13.5. The highest BCUT2D eigenvalue weighted by molar-refractivity contribution is 5.21. The third-order valence-corrected chi connectivity index (χ3v) is 10.5. The zero-order valence-corrected chi connectivity index (χ0v) is 17.5. The molecule has 6 fully saturated rings. The Morgan fingerprint density at radius 3 is 2.57 bits per heavy atom. The van der Waals surface area contributed by atoms with E-state index in [9.17, 15) is 5.11 Å². The minimum atomic E-state index is -0.783. The molecule has 9 atom stereocenters. The molecule has 2 saturated heterocycles. The predicted octanol–water partition coefficient (Wildman–Crippen LogP) is 3.83. The highest BCUT2D eigenvalue weighted by Gasteiger charge is 2.76. The summed E-state index contributed by atoms with van der Waals surface area (Å²) in [6.07, 6.45) is 10.6. The van der Waals surface area contributed by atoms with Crippen molar-refractivity contribution in [3.63, 3.8) is 0 Å². The van der Waals surface area contributed by atoms with Crippen LogP contribution in [0.3, 0.4) is 0 Å². The summed E-state index contributed by atoms with van der Waals surface area (Å²) in [5, 5.41) is 11.6. The van der Waals surface area contributed by atoms with E-state index < -0.39 is 11.4 Å². The van der Waals surface area contributed by atoms with Gasteiger partial charge in [0.05, 0.1) is 6.10 Å². The Morgan fingerprint density at radius 2 is 1.75 bits per heavy atom. The smallest absolute Gasteiger partial charge is 0.226 e. The van der Waals surface area contributed by atoms with Crippen molar-refractivity contribution in [2.24, 2.45) is 34.5 Å². The highest BCUT2D eigenvalue weighted by Crippen LogP contribution is 2.71. The van der Waals surface area contributed by atoms with Gasteiger partial charge in [0.25, 0.3) is 0 Å². The van der Waals surface area contributed by atoms with Crippen LogP contribution < -0.4 is 0 Å². The van der Waals surface area contributed by atoms with Crippen LogP contribution in [0.5, 0.6) is 0 Å². The summed E-state index contributed by atoms with van der Waals surface area (Å²) in [5.41, 5.74) is -0.303. The molecule has 0 bridgehead atoms. The molecule has 2 heterocycles. The van der Waals surface area contributed by atoms with Crippen LogP contribution in [-0.2, 0) is 18.9 Å². The third kappa shape index (κ3) is 2.01. The maximum Gasteiger partial charge on any atom is 0.226 e. The molecular formula is C23H36O5. The predicted molar refractivity (Wildman–Crippen MR) is 102 cm³/mol. The zero-order valence-electron chi connectivity index (χ0n) is 17.5. The van der Waals surface area contributed by atoms with Crippen molar-refractivity contribution >= 4 is 0 Å². The average molecular weight is 393 g/mol. The summed E-state index contributed by atoms with van der Waals surface area (Å²) in [6.45, 7) is 5.86. The van der Waals surface area contributed by atoms with Crippen molar-refractivity contribution < 1.29 is 24.1 Å². The Labute approximate surface area is 168 Å². The first kappa shape index (κ1) is 18.6. The topological polar surface area (TPSA) is 57.2 Å². The maximum absolute atomic E-state index is 11.6. The van der Waals surface area contributed by atoms with Gasteiger partial charge in [0.2, 0.25) is 5.79 Å². The molecule has 0 amide bonds. The van der Waals surface area contributed by atoms with Gasteiger partial charge in [-0.1, -0.05) is 26.7 Å². The Balaban J connectivity index is 1.39. The fourth-order valence-corrected chi connectivity index (χ4v) is 9.39. The fraction of sp³-hybridized carbons (Fsp3) is 1.00. The van der Waals surface area contributed by atoms with E-state index in [1.54, 1.807) is 0 Å². The van der Waals surface area contributed by atoms with Gasteiger partial charge in [0.15, 0.2) is 13.6 Å². The average Bonchev–Trinajstić information content (AvgIpc) is 3.36.